The van der Waals surface area contributed by atoms with Crippen LogP contribution in [-0.2, 0) is 6.54 Å². The van der Waals surface area contributed by atoms with E-state index in [0.29, 0.717) is 22.3 Å². The average molecular weight is 373 g/mol. The Balaban J connectivity index is 1.86. The molecule has 0 bridgehead atoms. The second-order valence-corrected chi connectivity index (χ2v) is 6.00. The second-order valence-electron chi connectivity index (χ2n) is 5.08. The highest BCUT2D eigenvalue weighted by Gasteiger charge is 2.14. The Morgan fingerprint density at radius 2 is 2.09 bits per heavy atom. The van der Waals surface area contributed by atoms with Crippen molar-refractivity contribution in [3.05, 3.63) is 68.9 Å². The number of rotatable bonds is 3. The largest absolute Gasteiger partial charge is 0.334 e. The van der Waals surface area contributed by atoms with Gasteiger partial charge in [0, 0.05) is 23.9 Å². The first-order valence-corrected chi connectivity index (χ1v) is 7.68. The molecule has 0 aliphatic heterocycles. The summed E-state index contributed by atoms with van der Waals surface area (Å²) in [5.41, 5.74) is 0.858. The van der Waals surface area contributed by atoms with Crippen molar-refractivity contribution < 1.29 is 4.79 Å². The van der Waals surface area contributed by atoms with E-state index >= 15 is 0 Å². The Morgan fingerprint density at radius 3 is 2.87 bits per heavy atom. The molecule has 1 amide bonds. The summed E-state index contributed by atoms with van der Waals surface area (Å²) < 4.78 is 0.731. The standard InChI is InChI=1S/C16H13BrN4O2/c1-21(16(23)10-6-11(17)8-18-7-10)9-14-19-13-5-3-2-4-12(13)15(22)20-14/h2-8H,9H2,1H3,(H,19,20,22). The third-order valence-corrected chi connectivity index (χ3v) is 3.78. The summed E-state index contributed by atoms with van der Waals surface area (Å²) >= 11 is 3.29. The normalized spacial score (nSPS) is 10.7. The lowest BCUT2D eigenvalue weighted by atomic mass is 10.2. The highest BCUT2D eigenvalue weighted by atomic mass is 79.9. The molecule has 7 heteroatoms. The van der Waals surface area contributed by atoms with Gasteiger partial charge in [0.15, 0.2) is 0 Å². The van der Waals surface area contributed by atoms with Crippen molar-refractivity contribution in [2.45, 2.75) is 6.54 Å². The first-order chi connectivity index (χ1) is 11.0. The molecule has 3 rings (SSSR count). The van der Waals surface area contributed by atoms with Crippen molar-refractivity contribution in [1.29, 1.82) is 0 Å². The molecule has 23 heavy (non-hydrogen) atoms. The van der Waals surface area contributed by atoms with Crippen molar-refractivity contribution in [2.24, 2.45) is 0 Å². The molecule has 0 saturated heterocycles. The molecule has 0 aliphatic carbocycles. The van der Waals surface area contributed by atoms with E-state index in [0.717, 1.165) is 4.47 Å². The Labute approximate surface area is 140 Å². The fourth-order valence-corrected chi connectivity index (χ4v) is 2.62. The smallest absolute Gasteiger partial charge is 0.258 e. The predicted octanol–water partition coefficient (Wildman–Crippen LogP) is 2.35. The van der Waals surface area contributed by atoms with Gasteiger partial charge < -0.3 is 9.88 Å². The van der Waals surface area contributed by atoms with Crippen molar-refractivity contribution in [3.63, 3.8) is 0 Å². The number of carbonyl (C=O) groups is 1. The summed E-state index contributed by atoms with van der Waals surface area (Å²) in [5, 5.41) is 0.529. The first kappa shape index (κ1) is 15.4. The molecule has 0 unspecified atom stereocenters. The summed E-state index contributed by atoms with van der Waals surface area (Å²) in [7, 11) is 1.65. The number of benzene rings is 1. The number of carbonyl (C=O) groups excluding carboxylic acids is 1. The minimum atomic E-state index is -0.212. The molecular formula is C16H13BrN4O2. The number of hydrogen-bond acceptors (Lipinski definition) is 4. The number of amides is 1. The van der Waals surface area contributed by atoms with E-state index in [2.05, 4.69) is 30.9 Å². The lowest BCUT2D eigenvalue weighted by Crippen LogP contribution is -2.28. The van der Waals surface area contributed by atoms with Crippen LogP contribution in [0, 0.1) is 0 Å². The number of fused-ring (bicyclic) bond motifs is 1. The molecule has 0 radical (unpaired) electrons. The molecule has 0 saturated carbocycles. The third kappa shape index (κ3) is 3.29. The molecular weight excluding hydrogens is 360 g/mol. The lowest BCUT2D eigenvalue weighted by Gasteiger charge is -2.16. The van der Waals surface area contributed by atoms with Gasteiger partial charge in [-0.1, -0.05) is 12.1 Å². The zero-order valence-corrected chi connectivity index (χ0v) is 13.9. The van der Waals surface area contributed by atoms with Gasteiger partial charge in [0.2, 0.25) is 0 Å². The molecule has 2 aromatic heterocycles. The van der Waals surface area contributed by atoms with Gasteiger partial charge in [-0.05, 0) is 34.1 Å². The number of nitrogens with zero attached hydrogens (tertiary/aromatic N) is 3. The molecule has 116 valence electrons. The van der Waals surface area contributed by atoms with Crippen LogP contribution in [0.4, 0.5) is 0 Å². The van der Waals surface area contributed by atoms with E-state index in [4.69, 9.17) is 0 Å². The number of halogens is 1. The second kappa shape index (κ2) is 6.29. The fourth-order valence-electron chi connectivity index (χ4n) is 2.26. The van der Waals surface area contributed by atoms with Crippen LogP contribution in [0.2, 0.25) is 0 Å². The molecule has 3 aromatic rings. The number of aromatic nitrogens is 3. The Hall–Kier alpha value is -2.54. The van der Waals surface area contributed by atoms with Crippen LogP contribution in [0.25, 0.3) is 10.9 Å². The molecule has 0 atom stereocenters. The molecule has 0 fully saturated rings. The Bertz CT molecular complexity index is 939. The van der Waals surface area contributed by atoms with Gasteiger partial charge in [0.05, 0.1) is 23.0 Å². The number of nitrogens with one attached hydrogen (secondary N) is 1. The quantitative estimate of drug-likeness (QED) is 0.765. The van der Waals surface area contributed by atoms with Crippen LogP contribution >= 0.6 is 15.9 Å². The van der Waals surface area contributed by atoms with Gasteiger partial charge in [0.25, 0.3) is 11.5 Å². The first-order valence-electron chi connectivity index (χ1n) is 6.88. The molecule has 0 aliphatic rings. The van der Waals surface area contributed by atoms with Gasteiger partial charge in [-0.3, -0.25) is 14.6 Å². The van der Waals surface area contributed by atoms with E-state index in [1.165, 1.54) is 11.1 Å². The van der Waals surface area contributed by atoms with Gasteiger partial charge in [-0.15, -0.1) is 0 Å². The topological polar surface area (TPSA) is 79.0 Å². The maximum atomic E-state index is 12.4. The van der Waals surface area contributed by atoms with Crippen LogP contribution in [-0.4, -0.2) is 32.8 Å². The van der Waals surface area contributed by atoms with E-state index < -0.39 is 0 Å². The summed E-state index contributed by atoms with van der Waals surface area (Å²) in [5.74, 6) is 0.238. The zero-order valence-electron chi connectivity index (χ0n) is 12.3. The minimum Gasteiger partial charge on any atom is -0.334 e. The maximum absolute atomic E-state index is 12.4. The fraction of sp³-hybridized carbons (Fsp3) is 0.125. The SMILES string of the molecule is CN(Cc1nc2ccccc2c(=O)[nH]1)C(=O)c1cncc(Br)c1. The monoisotopic (exact) mass is 372 g/mol. The van der Waals surface area contributed by atoms with Crippen LogP contribution < -0.4 is 5.56 Å². The minimum absolute atomic E-state index is 0.199. The number of para-hydroxylation sites is 1. The Kier molecular flexibility index (Phi) is 4.20. The van der Waals surface area contributed by atoms with Crippen LogP contribution in [0.5, 0.6) is 0 Å². The number of H-pyrrole nitrogens is 1. The van der Waals surface area contributed by atoms with Crippen molar-refractivity contribution >= 4 is 32.7 Å². The van der Waals surface area contributed by atoms with E-state index in [1.807, 2.05) is 6.07 Å². The van der Waals surface area contributed by atoms with E-state index in [1.54, 1.807) is 37.5 Å². The predicted molar refractivity (Wildman–Crippen MR) is 90.1 cm³/mol. The summed E-state index contributed by atoms with van der Waals surface area (Å²) in [6.45, 7) is 0.200. The Morgan fingerprint density at radius 1 is 1.30 bits per heavy atom. The highest BCUT2D eigenvalue weighted by molar-refractivity contribution is 9.10. The zero-order chi connectivity index (χ0) is 16.4. The van der Waals surface area contributed by atoms with Gasteiger partial charge in [-0.25, -0.2) is 4.98 Å². The van der Waals surface area contributed by atoms with Gasteiger partial charge in [-0.2, -0.15) is 0 Å². The lowest BCUT2D eigenvalue weighted by molar-refractivity contribution is 0.0781. The van der Waals surface area contributed by atoms with Crippen LogP contribution in [0.3, 0.4) is 0 Å². The summed E-state index contributed by atoms with van der Waals surface area (Å²) in [4.78, 5) is 37.0. The molecule has 1 aromatic carbocycles. The molecule has 0 spiro atoms. The van der Waals surface area contributed by atoms with Crippen molar-refractivity contribution in [1.82, 2.24) is 19.9 Å². The number of pyridine rings is 1. The van der Waals surface area contributed by atoms with Crippen molar-refractivity contribution in [3.8, 4) is 0 Å². The van der Waals surface area contributed by atoms with Crippen molar-refractivity contribution in [2.75, 3.05) is 7.05 Å². The molecule has 6 nitrogen and oxygen atoms in total. The molecule has 1 N–H and O–H groups in total. The number of hydrogen-bond donors (Lipinski definition) is 1. The van der Waals surface area contributed by atoms with E-state index in [-0.39, 0.29) is 18.0 Å². The number of aromatic amines is 1. The third-order valence-electron chi connectivity index (χ3n) is 3.35. The van der Waals surface area contributed by atoms with Gasteiger partial charge in [0.1, 0.15) is 5.82 Å². The van der Waals surface area contributed by atoms with E-state index in [9.17, 15) is 9.59 Å². The summed E-state index contributed by atoms with van der Waals surface area (Å²) in [6, 6.07) is 8.79. The maximum Gasteiger partial charge on any atom is 0.258 e. The van der Waals surface area contributed by atoms with Crippen LogP contribution in [0.1, 0.15) is 16.2 Å². The van der Waals surface area contributed by atoms with Gasteiger partial charge >= 0.3 is 0 Å². The molecule has 2 heterocycles. The summed E-state index contributed by atoms with van der Waals surface area (Å²) in [6.07, 6.45) is 3.11. The van der Waals surface area contributed by atoms with Crippen LogP contribution in [0.15, 0.2) is 52.0 Å². The average Bonchev–Trinajstić information content (AvgIpc) is 2.54. The highest BCUT2D eigenvalue weighted by Crippen LogP contribution is 2.12.